The summed E-state index contributed by atoms with van der Waals surface area (Å²) in [6.07, 6.45) is 0. The fraction of sp³-hybridized carbons (Fsp3) is 0.333. The molecule has 2 amide bonds. The smallest absolute Gasteiger partial charge is 0.248 e. The maximum Gasteiger partial charge on any atom is 0.248 e. The van der Waals surface area contributed by atoms with Crippen LogP contribution >= 0.6 is 0 Å². The number of amides is 2. The van der Waals surface area contributed by atoms with Crippen molar-refractivity contribution in [3.8, 4) is 5.75 Å². The summed E-state index contributed by atoms with van der Waals surface area (Å²) in [6.45, 7) is 1.00. The quantitative estimate of drug-likeness (QED) is 0.737. The summed E-state index contributed by atoms with van der Waals surface area (Å²) in [5.41, 5.74) is 4.95. The SMILES string of the molecule is COCCN1C(=O)[C@@H]2[C@H](c3ccccc3O)NN(Cc3ccccc3)[C@H]2C1=O. The van der Waals surface area contributed by atoms with E-state index in [-0.39, 0.29) is 24.1 Å². The zero-order valence-electron chi connectivity index (χ0n) is 15.6. The number of benzene rings is 2. The number of hydrogen-bond acceptors (Lipinski definition) is 6. The summed E-state index contributed by atoms with van der Waals surface area (Å²) in [7, 11) is 1.54. The van der Waals surface area contributed by atoms with Gasteiger partial charge < -0.3 is 9.84 Å². The summed E-state index contributed by atoms with van der Waals surface area (Å²) >= 11 is 0. The topological polar surface area (TPSA) is 82.1 Å². The fourth-order valence-electron chi connectivity index (χ4n) is 4.07. The van der Waals surface area contributed by atoms with E-state index in [1.165, 1.54) is 4.90 Å². The molecule has 0 bridgehead atoms. The van der Waals surface area contributed by atoms with Crippen LogP contribution in [0.25, 0.3) is 0 Å². The van der Waals surface area contributed by atoms with E-state index in [0.29, 0.717) is 18.7 Å². The highest BCUT2D eigenvalue weighted by Gasteiger charge is 2.58. The van der Waals surface area contributed by atoms with Crippen molar-refractivity contribution < 1.29 is 19.4 Å². The van der Waals surface area contributed by atoms with Crippen LogP contribution in [0.1, 0.15) is 17.2 Å². The lowest BCUT2D eigenvalue weighted by atomic mass is 9.90. The molecular formula is C21H23N3O4. The van der Waals surface area contributed by atoms with Crippen LogP contribution in [0, 0.1) is 5.92 Å². The number of ether oxygens (including phenoxy) is 1. The Morgan fingerprint density at radius 2 is 1.75 bits per heavy atom. The number of likely N-dealkylation sites (tertiary alicyclic amines) is 1. The van der Waals surface area contributed by atoms with Crippen molar-refractivity contribution in [2.45, 2.75) is 18.6 Å². The molecule has 0 radical (unpaired) electrons. The van der Waals surface area contributed by atoms with Crippen molar-refractivity contribution >= 4 is 11.8 Å². The molecule has 2 N–H and O–H groups in total. The number of fused-ring (bicyclic) bond motifs is 1. The average molecular weight is 381 g/mol. The largest absolute Gasteiger partial charge is 0.508 e. The van der Waals surface area contributed by atoms with Crippen LogP contribution in [-0.2, 0) is 20.9 Å². The zero-order valence-corrected chi connectivity index (χ0v) is 15.6. The minimum atomic E-state index is -0.617. The highest BCUT2D eigenvalue weighted by atomic mass is 16.5. The molecule has 2 aliphatic heterocycles. The maximum absolute atomic E-state index is 13.1. The van der Waals surface area contributed by atoms with E-state index in [4.69, 9.17) is 4.74 Å². The van der Waals surface area contributed by atoms with Crippen LogP contribution in [0.4, 0.5) is 0 Å². The first-order chi connectivity index (χ1) is 13.6. The van der Waals surface area contributed by atoms with Crippen molar-refractivity contribution in [3.63, 3.8) is 0 Å². The summed E-state index contributed by atoms with van der Waals surface area (Å²) < 4.78 is 5.06. The van der Waals surface area contributed by atoms with Crippen LogP contribution in [0.5, 0.6) is 5.75 Å². The number of imide groups is 1. The number of hydrazine groups is 1. The molecule has 0 spiro atoms. The first-order valence-corrected chi connectivity index (χ1v) is 9.30. The second kappa shape index (κ2) is 7.71. The molecule has 3 atom stereocenters. The average Bonchev–Trinajstić information content (AvgIpc) is 3.18. The lowest BCUT2D eigenvalue weighted by molar-refractivity contribution is -0.142. The Kier molecular flexibility index (Phi) is 5.13. The molecule has 0 aromatic heterocycles. The molecule has 2 heterocycles. The van der Waals surface area contributed by atoms with Crippen LogP contribution in [0.2, 0.25) is 0 Å². The van der Waals surface area contributed by atoms with Crippen molar-refractivity contribution in [2.24, 2.45) is 5.92 Å². The van der Waals surface area contributed by atoms with Gasteiger partial charge in [-0.3, -0.25) is 14.5 Å². The molecule has 2 fully saturated rings. The van der Waals surface area contributed by atoms with Crippen molar-refractivity contribution in [2.75, 3.05) is 20.3 Å². The van der Waals surface area contributed by atoms with Gasteiger partial charge in [0.1, 0.15) is 11.8 Å². The minimum Gasteiger partial charge on any atom is -0.508 e. The van der Waals surface area contributed by atoms with E-state index >= 15 is 0 Å². The summed E-state index contributed by atoms with van der Waals surface area (Å²) in [6, 6.07) is 15.6. The second-order valence-electron chi connectivity index (χ2n) is 7.07. The van der Waals surface area contributed by atoms with E-state index in [1.54, 1.807) is 25.3 Å². The van der Waals surface area contributed by atoms with Crippen LogP contribution in [0.3, 0.4) is 0 Å². The maximum atomic E-state index is 13.1. The summed E-state index contributed by atoms with van der Waals surface area (Å²) in [4.78, 5) is 27.5. The molecule has 146 valence electrons. The number of para-hydroxylation sites is 1. The van der Waals surface area contributed by atoms with Crippen LogP contribution in [0.15, 0.2) is 54.6 Å². The summed E-state index contributed by atoms with van der Waals surface area (Å²) in [5, 5.41) is 12.2. The van der Waals surface area contributed by atoms with Gasteiger partial charge in [0.2, 0.25) is 11.8 Å². The molecule has 2 aliphatic rings. The monoisotopic (exact) mass is 381 g/mol. The van der Waals surface area contributed by atoms with Crippen molar-refractivity contribution in [3.05, 3.63) is 65.7 Å². The van der Waals surface area contributed by atoms with Crippen LogP contribution in [-0.4, -0.2) is 53.1 Å². The zero-order chi connectivity index (χ0) is 19.7. The van der Waals surface area contributed by atoms with E-state index in [9.17, 15) is 14.7 Å². The van der Waals surface area contributed by atoms with Crippen LogP contribution < -0.4 is 5.43 Å². The molecule has 0 aliphatic carbocycles. The number of carbonyl (C=O) groups excluding carboxylic acids is 2. The number of nitrogens with one attached hydrogen (secondary N) is 1. The number of phenols is 1. The molecule has 2 aromatic carbocycles. The molecule has 7 nitrogen and oxygen atoms in total. The van der Waals surface area contributed by atoms with Gasteiger partial charge in [0.25, 0.3) is 0 Å². The first kappa shape index (κ1) is 18.6. The Morgan fingerprint density at radius 1 is 1.04 bits per heavy atom. The Hall–Kier alpha value is -2.74. The van der Waals surface area contributed by atoms with Gasteiger partial charge in [-0.1, -0.05) is 48.5 Å². The summed E-state index contributed by atoms with van der Waals surface area (Å²) in [5.74, 6) is -0.950. The van der Waals surface area contributed by atoms with Gasteiger partial charge in [0.15, 0.2) is 0 Å². The highest BCUT2D eigenvalue weighted by molar-refractivity contribution is 6.08. The van der Waals surface area contributed by atoms with Crippen molar-refractivity contribution in [1.82, 2.24) is 15.3 Å². The van der Waals surface area contributed by atoms with E-state index in [2.05, 4.69) is 5.43 Å². The third kappa shape index (κ3) is 3.17. The molecule has 0 unspecified atom stereocenters. The number of hydrogen-bond donors (Lipinski definition) is 2. The third-order valence-electron chi connectivity index (χ3n) is 5.40. The lowest BCUT2D eigenvalue weighted by Gasteiger charge is -2.25. The number of carbonyl (C=O) groups is 2. The predicted octanol–water partition coefficient (Wildman–Crippen LogP) is 1.45. The molecule has 2 saturated heterocycles. The van der Waals surface area contributed by atoms with E-state index in [0.717, 1.165) is 5.56 Å². The Labute approximate surface area is 163 Å². The van der Waals surface area contributed by atoms with Gasteiger partial charge in [-0.15, -0.1) is 0 Å². The van der Waals surface area contributed by atoms with E-state index < -0.39 is 18.0 Å². The van der Waals surface area contributed by atoms with Gasteiger partial charge in [0.05, 0.1) is 25.1 Å². The number of rotatable bonds is 6. The Morgan fingerprint density at radius 3 is 2.46 bits per heavy atom. The van der Waals surface area contributed by atoms with Gasteiger partial charge >= 0.3 is 0 Å². The van der Waals surface area contributed by atoms with Gasteiger partial charge in [-0.2, -0.15) is 0 Å². The molecule has 7 heteroatoms. The molecular weight excluding hydrogens is 358 g/mol. The molecule has 28 heavy (non-hydrogen) atoms. The predicted molar refractivity (Wildman–Crippen MR) is 102 cm³/mol. The van der Waals surface area contributed by atoms with Gasteiger partial charge in [-0.05, 0) is 11.6 Å². The second-order valence-corrected chi connectivity index (χ2v) is 7.07. The van der Waals surface area contributed by atoms with E-state index in [1.807, 2.05) is 41.4 Å². The lowest BCUT2D eigenvalue weighted by Crippen LogP contribution is -2.45. The van der Waals surface area contributed by atoms with Gasteiger partial charge in [-0.25, -0.2) is 10.4 Å². The molecule has 2 aromatic rings. The fourth-order valence-corrected chi connectivity index (χ4v) is 4.07. The Bertz CT molecular complexity index is 873. The Balaban J connectivity index is 1.69. The first-order valence-electron chi connectivity index (χ1n) is 9.30. The highest BCUT2D eigenvalue weighted by Crippen LogP contribution is 2.42. The van der Waals surface area contributed by atoms with Gasteiger partial charge in [0, 0.05) is 19.2 Å². The van der Waals surface area contributed by atoms with Crippen molar-refractivity contribution in [1.29, 1.82) is 0 Å². The number of methoxy groups -OCH3 is 1. The third-order valence-corrected chi connectivity index (χ3v) is 5.40. The molecule has 4 rings (SSSR count). The number of nitrogens with zero attached hydrogens (tertiary/aromatic N) is 2. The normalized spacial score (nSPS) is 24.8. The number of aromatic hydroxyl groups is 1. The number of phenolic OH excluding ortho intramolecular Hbond substituents is 1. The minimum absolute atomic E-state index is 0.107. The standard InChI is InChI=1S/C21H23N3O4/c1-28-12-11-23-20(26)17-18(15-9-5-6-10-16(15)25)22-24(19(17)21(23)27)13-14-7-3-2-4-8-14/h2-10,17-19,22,25H,11-13H2,1H3/t17-,18+,19-/m1/s1. The molecule has 0 saturated carbocycles.